The van der Waals surface area contributed by atoms with Crippen LogP contribution in [-0.4, -0.2) is 44.2 Å². The number of hydrogen-bond acceptors (Lipinski definition) is 3. The summed E-state index contributed by atoms with van der Waals surface area (Å²) in [7, 11) is 0. The Balaban J connectivity index is 1.60. The van der Waals surface area contributed by atoms with Gasteiger partial charge in [-0.2, -0.15) is 0 Å². The van der Waals surface area contributed by atoms with Gasteiger partial charge in [0.1, 0.15) is 0 Å². The lowest BCUT2D eigenvalue weighted by atomic mass is 10.1. The van der Waals surface area contributed by atoms with Crippen LogP contribution in [0.1, 0.15) is 24.9 Å². The molecule has 1 aromatic rings. The molecule has 0 bridgehead atoms. The fraction of sp³-hybridized carbons (Fsp3) is 0.600. The fourth-order valence-corrected chi connectivity index (χ4v) is 2.42. The second kappa shape index (κ2) is 7.52. The summed E-state index contributed by atoms with van der Waals surface area (Å²) in [5.74, 6) is 0. The molecule has 18 heavy (non-hydrogen) atoms. The largest absolute Gasteiger partial charge is 0.314 e. The predicted octanol–water partition coefficient (Wildman–Crippen LogP) is 1.63. The van der Waals surface area contributed by atoms with Crippen molar-refractivity contribution in [3.05, 3.63) is 35.9 Å². The fourth-order valence-electron chi connectivity index (χ4n) is 2.42. The van der Waals surface area contributed by atoms with Crippen LogP contribution in [0.5, 0.6) is 0 Å². The maximum absolute atomic E-state index is 3.60. The quantitative estimate of drug-likeness (QED) is 0.748. The van der Waals surface area contributed by atoms with Crippen LogP contribution in [0.15, 0.2) is 30.3 Å². The minimum Gasteiger partial charge on any atom is -0.314 e. The molecule has 1 aliphatic rings. The van der Waals surface area contributed by atoms with Crippen molar-refractivity contribution in [3.8, 4) is 0 Å². The number of nitrogens with zero attached hydrogens (tertiary/aromatic N) is 1. The van der Waals surface area contributed by atoms with Crippen LogP contribution in [0.25, 0.3) is 0 Å². The van der Waals surface area contributed by atoms with Gasteiger partial charge in [0.25, 0.3) is 0 Å². The van der Waals surface area contributed by atoms with Gasteiger partial charge in [0.2, 0.25) is 0 Å². The Morgan fingerprint density at radius 2 is 1.94 bits per heavy atom. The first-order chi connectivity index (χ1) is 8.86. The minimum absolute atomic E-state index is 0.453. The summed E-state index contributed by atoms with van der Waals surface area (Å²) >= 11 is 0. The molecular weight excluding hydrogens is 222 g/mol. The van der Waals surface area contributed by atoms with Crippen molar-refractivity contribution in [2.24, 2.45) is 0 Å². The molecule has 1 atom stereocenters. The standard InChI is InChI=1S/C15H25N3/c1-14(15-6-3-2-4-7-15)17-8-5-11-18-12-9-16-10-13-18/h2-4,6-7,14,16-17H,5,8-13H2,1H3. The van der Waals surface area contributed by atoms with Crippen LogP contribution in [0.4, 0.5) is 0 Å². The topological polar surface area (TPSA) is 27.3 Å². The summed E-state index contributed by atoms with van der Waals surface area (Å²) in [6, 6.07) is 11.1. The van der Waals surface area contributed by atoms with E-state index in [1.807, 2.05) is 0 Å². The smallest absolute Gasteiger partial charge is 0.0291 e. The highest BCUT2D eigenvalue weighted by atomic mass is 15.2. The van der Waals surface area contributed by atoms with Gasteiger partial charge in [-0.05, 0) is 32.0 Å². The highest BCUT2D eigenvalue weighted by Crippen LogP contribution is 2.10. The summed E-state index contributed by atoms with van der Waals surface area (Å²) in [5.41, 5.74) is 1.37. The minimum atomic E-state index is 0.453. The van der Waals surface area contributed by atoms with E-state index in [1.54, 1.807) is 0 Å². The summed E-state index contributed by atoms with van der Waals surface area (Å²) in [4.78, 5) is 2.55. The Bertz CT molecular complexity index is 320. The third-order valence-electron chi connectivity index (χ3n) is 3.61. The molecule has 2 N–H and O–H groups in total. The van der Waals surface area contributed by atoms with Crippen molar-refractivity contribution < 1.29 is 0 Å². The van der Waals surface area contributed by atoms with Crippen LogP contribution in [0.2, 0.25) is 0 Å². The summed E-state index contributed by atoms with van der Waals surface area (Å²) in [6.45, 7) is 9.25. The van der Waals surface area contributed by atoms with Gasteiger partial charge in [-0.3, -0.25) is 0 Å². The van der Waals surface area contributed by atoms with Crippen LogP contribution in [0.3, 0.4) is 0 Å². The molecule has 3 nitrogen and oxygen atoms in total. The first-order valence-electron chi connectivity index (χ1n) is 7.07. The van der Waals surface area contributed by atoms with Crippen molar-refractivity contribution in [1.29, 1.82) is 0 Å². The van der Waals surface area contributed by atoms with E-state index in [9.17, 15) is 0 Å². The maximum atomic E-state index is 3.60. The Morgan fingerprint density at radius 3 is 2.67 bits per heavy atom. The lowest BCUT2D eigenvalue weighted by molar-refractivity contribution is 0.237. The number of hydrogen-bond donors (Lipinski definition) is 2. The first kappa shape index (κ1) is 13.5. The molecule has 1 fully saturated rings. The van der Waals surface area contributed by atoms with Crippen LogP contribution >= 0.6 is 0 Å². The zero-order valence-corrected chi connectivity index (χ0v) is 11.4. The zero-order valence-electron chi connectivity index (χ0n) is 11.4. The molecule has 0 aliphatic carbocycles. The zero-order chi connectivity index (χ0) is 12.6. The SMILES string of the molecule is CC(NCCCN1CCNCC1)c1ccccc1. The Kier molecular flexibility index (Phi) is 5.65. The van der Waals surface area contributed by atoms with Gasteiger partial charge in [0.05, 0.1) is 0 Å². The first-order valence-corrected chi connectivity index (χ1v) is 7.07. The molecule has 0 amide bonds. The van der Waals surface area contributed by atoms with Crippen LogP contribution < -0.4 is 10.6 Å². The molecule has 1 heterocycles. The number of rotatable bonds is 6. The second-order valence-corrected chi connectivity index (χ2v) is 5.03. The number of nitrogens with one attached hydrogen (secondary N) is 2. The van der Waals surface area contributed by atoms with E-state index in [-0.39, 0.29) is 0 Å². The predicted molar refractivity (Wildman–Crippen MR) is 76.8 cm³/mol. The molecule has 3 heteroatoms. The molecule has 0 saturated carbocycles. The summed E-state index contributed by atoms with van der Waals surface area (Å²) < 4.78 is 0. The molecule has 1 unspecified atom stereocenters. The number of benzene rings is 1. The van der Waals surface area contributed by atoms with Crippen molar-refractivity contribution in [2.45, 2.75) is 19.4 Å². The third-order valence-corrected chi connectivity index (χ3v) is 3.61. The normalized spacial score (nSPS) is 18.7. The van der Waals surface area contributed by atoms with Crippen molar-refractivity contribution in [3.63, 3.8) is 0 Å². The molecule has 1 saturated heterocycles. The highest BCUT2D eigenvalue weighted by Gasteiger charge is 2.08. The summed E-state index contributed by atoms with van der Waals surface area (Å²) in [5, 5.41) is 6.98. The summed E-state index contributed by atoms with van der Waals surface area (Å²) in [6.07, 6.45) is 1.23. The lowest BCUT2D eigenvalue weighted by Gasteiger charge is -2.27. The monoisotopic (exact) mass is 247 g/mol. The van der Waals surface area contributed by atoms with E-state index in [1.165, 1.54) is 31.6 Å². The van der Waals surface area contributed by atoms with Gasteiger partial charge < -0.3 is 15.5 Å². The van der Waals surface area contributed by atoms with E-state index in [0.717, 1.165) is 19.6 Å². The molecule has 100 valence electrons. The molecule has 2 rings (SSSR count). The molecule has 0 spiro atoms. The number of piperazine rings is 1. The van der Waals surface area contributed by atoms with Crippen LogP contribution in [0, 0.1) is 0 Å². The van der Waals surface area contributed by atoms with Gasteiger partial charge in [0, 0.05) is 32.2 Å². The van der Waals surface area contributed by atoms with Crippen molar-refractivity contribution in [2.75, 3.05) is 39.3 Å². The lowest BCUT2D eigenvalue weighted by Crippen LogP contribution is -2.44. The molecular formula is C15H25N3. The van der Waals surface area contributed by atoms with Gasteiger partial charge >= 0.3 is 0 Å². The molecule has 1 aliphatic heterocycles. The van der Waals surface area contributed by atoms with Crippen molar-refractivity contribution >= 4 is 0 Å². The van der Waals surface area contributed by atoms with Gasteiger partial charge in [-0.25, -0.2) is 0 Å². The molecule has 1 aromatic carbocycles. The Hall–Kier alpha value is -0.900. The maximum Gasteiger partial charge on any atom is 0.0291 e. The molecule has 0 radical (unpaired) electrons. The van der Waals surface area contributed by atoms with Crippen LogP contribution in [-0.2, 0) is 0 Å². The highest BCUT2D eigenvalue weighted by molar-refractivity contribution is 5.17. The molecule has 0 aromatic heterocycles. The van der Waals surface area contributed by atoms with Crippen molar-refractivity contribution in [1.82, 2.24) is 15.5 Å². The van der Waals surface area contributed by atoms with E-state index in [0.29, 0.717) is 6.04 Å². The van der Waals surface area contributed by atoms with E-state index in [4.69, 9.17) is 0 Å². The average Bonchev–Trinajstić information content (AvgIpc) is 2.45. The van der Waals surface area contributed by atoms with E-state index in [2.05, 4.69) is 52.8 Å². The van der Waals surface area contributed by atoms with Gasteiger partial charge in [-0.15, -0.1) is 0 Å². The Labute approximate surface area is 111 Å². The van der Waals surface area contributed by atoms with E-state index >= 15 is 0 Å². The van der Waals surface area contributed by atoms with Gasteiger partial charge in [-0.1, -0.05) is 30.3 Å². The average molecular weight is 247 g/mol. The van der Waals surface area contributed by atoms with E-state index < -0.39 is 0 Å². The third kappa shape index (κ3) is 4.41. The second-order valence-electron chi connectivity index (χ2n) is 5.03. The Morgan fingerprint density at radius 1 is 1.22 bits per heavy atom. The van der Waals surface area contributed by atoms with Gasteiger partial charge in [0.15, 0.2) is 0 Å².